The van der Waals surface area contributed by atoms with E-state index < -0.39 is 0 Å². The van der Waals surface area contributed by atoms with Gasteiger partial charge in [0.2, 0.25) is 0 Å². The van der Waals surface area contributed by atoms with Crippen LogP contribution in [0.2, 0.25) is 0 Å². The molecular formula is C23H24FN5O. The van der Waals surface area contributed by atoms with Gasteiger partial charge in [0, 0.05) is 43.8 Å². The van der Waals surface area contributed by atoms with Crippen molar-refractivity contribution in [3.05, 3.63) is 64.8 Å². The molecule has 0 unspecified atom stereocenters. The van der Waals surface area contributed by atoms with Crippen molar-refractivity contribution < 1.29 is 4.39 Å². The van der Waals surface area contributed by atoms with Gasteiger partial charge in [-0.25, -0.2) is 4.39 Å². The zero-order chi connectivity index (χ0) is 20.8. The Morgan fingerprint density at radius 1 is 1.03 bits per heavy atom. The molecule has 0 atom stereocenters. The summed E-state index contributed by atoms with van der Waals surface area (Å²) in [6, 6.07) is 13.4. The fourth-order valence-corrected chi connectivity index (χ4v) is 4.26. The normalized spacial score (nSPS) is 15.5. The van der Waals surface area contributed by atoms with E-state index in [-0.39, 0.29) is 11.4 Å². The first-order valence-electron chi connectivity index (χ1n) is 10.3. The largest absolute Gasteiger partial charge is 0.367 e. The molecule has 0 aliphatic carbocycles. The first-order valence-corrected chi connectivity index (χ1v) is 10.3. The van der Waals surface area contributed by atoms with Crippen molar-refractivity contribution in [3.63, 3.8) is 0 Å². The number of halogens is 1. The molecule has 5 rings (SSSR count). The minimum Gasteiger partial charge on any atom is -0.367 e. The lowest BCUT2D eigenvalue weighted by molar-refractivity contribution is 0.209. The lowest BCUT2D eigenvalue weighted by Crippen LogP contribution is -2.49. The van der Waals surface area contributed by atoms with Crippen molar-refractivity contribution in [1.82, 2.24) is 19.7 Å². The highest BCUT2D eigenvalue weighted by Gasteiger charge is 2.25. The number of aromatic nitrogens is 3. The lowest BCUT2D eigenvalue weighted by Gasteiger charge is -2.38. The van der Waals surface area contributed by atoms with E-state index in [0.717, 1.165) is 26.2 Å². The van der Waals surface area contributed by atoms with Gasteiger partial charge >= 0.3 is 0 Å². The highest BCUT2D eigenvalue weighted by atomic mass is 19.1. The van der Waals surface area contributed by atoms with Gasteiger partial charge in [-0.2, -0.15) is 9.78 Å². The first kappa shape index (κ1) is 18.8. The molecule has 1 fully saturated rings. The summed E-state index contributed by atoms with van der Waals surface area (Å²) in [5.74, 6) is -0.297. The summed E-state index contributed by atoms with van der Waals surface area (Å²) in [6.07, 6.45) is 1.57. The molecule has 3 aliphatic heterocycles. The molecule has 7 heteroatoms. The van der Waals surface area contributed by atoms with Crippen LogP contribution in [0.4, 0.5) is 10.1 Å². The Bertz CT molecular complexity index is 1220. The molecule has 1 N–H and O–H groups in total. The van der Waals surface area contributed by atoms with Gasteiger partial charge in [-0.05, 0) is 38.1 Å². The Kier molecular flexibility index (Phi) is 4.55. The number of anilines is 1. The van der Waals surface area contributed by atoms with Crippen LogP contribution in [0, 0.1) is 5.82 Å². The Labute approximate surface area is 173 Å². The van der Waals surface area contributed by atoms with E-state index in [1.165, 1.54) is 4.68 Å². The summed E-state index contributed by atoms with van der Waals surface area (Å²) in [4.78, 5) is 20.3. The second-order valence-electron chi connectivity index (χ2n) is 8.04. The predicted molar refractivity (Wildman–Crippen MR) is 117 cm³/mol. The predicted octanol–water partition coefficient (Wildman–Crippen LogP) is 3.49. The maximum Gasteiger partial charge on any atom is 0.282 e. The van der Waals surface area contributed by atoms with Gasteiger partial charge in [0.25, 0.3) is 5.56 Å². The molecule has 3 aliphatic rings. The molecular weight excluding hydrogens is 381 g/mol. The number of nitrogens with one attached hydrogen (secondary N) is 1. The number of piperazine rings is 1. The third-order valence-electron chi connectivity index (χ3n) is 6.00. The van der Waals surface area contributed by atoms with Gasteiger partial charge in [0.1, 0.15) is 5.69 Å². The van der Waals surface area contributed by atoms with Gasteiger partial charge in [-0.15, -0.1) is 0 Å². The van der Waals surface area contributed by atoms with E-state index >= 15 is 4.39 Å². The van der Waals surface area contributed by atoms with E-state index in [9.17, 15) is 4.79 Å². The minimum atomic E-state index is -0.297. The molecule has 0 saturated carbocycles. The zero-order valence-electron chi connectivity index (χ0n) is 17.1. The second kappa shape index (κ2) is 7.25. The van der Waals surface area contributed by atoms with Gasteiger partial charge in [-0.1, -0.05) is 18.2 Å². The number of hydrogen-bond donors (Lipinski definition) is 1. The lowest BCUT2D eigenvalue weighted by atomic mass is 10.1. The quantitative estimate of drug-likeness (QED) is 0.567. The van der Waals surface area contributed by atoms with Crippen LogP contribution >= 0.6 is 0 Å². The maximum atomic E-state index is 15.5. The van der Waals surface area contributed by atoms with E-state index in [1.807, 2.05) is 42.5 Å². The summed E-state index contributed by atoms with van der Waals surface area (Å²) < 4.78 is 16.8. The molecule has 2 aromatic carbocycles. The highest BCUT2D eigenvalue weighted by molar-refractivity contribution is 5.95. The smallest absolute Gasteiger partial charge is 0.282 e. The van der Waals surface area contributed by atoms with Gasteiger partial charge in [0.05, 0.1) is 22.5 Å². The van der Waals surface area contributed by atoms with Gasteiger partial charge < -0.3 is 9.88 Å². The number of benzene rings is 2. The van der Waals surface area contributed by atoms with Gasteiger partial charge in [-0.3, -0.25) is 9.69 Å². The van der Waals surface area contributed by atoms with E-state index in [4.69, 9.17) is 0 Å². The van der Waals surface area contributed by atoms with Crippen molar-refractivity contribution in [2.45, 2.75) is 19.9 Å². The number of aromatic amines is 1. The average Bonchev–Trinajstić information content (AvgIpc) is 3.12. The molecule has 1 saturated heterocycles. The van der Waals surface area contributed by atoms with Crippen molar-refractivity contribution >= 4 is 16.6 Å². The Balaban J connectivity index is 1.57. The number of H-pyrrole nitrogens is 1. The summed E-state index contributed by atoms with van der Waals surface area (Å²) in [7, 11) is 0. The van der Waals surface area contributed by atoms with Crippen molar-refractivity contribution in [1.29, 1.82) is 0 Å². The molecule has 0 radical (unpaired) electrons. The van der Waals surface area contributed by atoms with Crippen LogP contribution in [0.3, 0.4) is 0 Å². The standard InChI is InChI=1S/C23H24FN5O/c1-15(2)27-10-12-28(13-11-27)19-9-8-17-21-18(14-25-22(17)20(19)24)23(30)29(26-21)16-6-4-3-5-7-16/h3-9,14-15,25H,10-13H2,1-2H3. The maximum absolute atomic E-state index is 15.5. The Morgan fingerprint density at radius 2 is 1.77 bits per heavy atom. The van der Waals surface area contributed by atoms with E-state index in [1.54, 1.807) is 6.20 Å². The van der Waals surface area contributed by atoms with Crippen LogP contribution in [0.15, 0.2) is 53.5 Å². The van der Waals surface area contributed by atoms with E-state index in [0.29, 0.717) is 39.6 Å². The number of pyridine rings is 1. The van der Waals surface area contributed by atoms with Gasteiger partial charge in [0.15, 0.2) is 5.82 Å². The molecule has 0 bridgehead atoms. The summed E-state index contributed by atoms with van der Waals surface area (Å²) >= 11 is 0. The third kappa shape index (κ3) is 2.97. The Morgan fingerprint density at radius 3 is 2.47 bits per heavy atom. The summed E-state index contributed by atoms with van der Waals surface area (Å²) in [6.45, 7) is 7.78. The topological polar surface area (TPSA) is 57.2 Å². The monoisotopic (exact) mass is 405 g/mol. The molecule has 0 aromatic heterocycles. The fourth-order valence-electron chi connectivity index (χ4n) is 4.26. The number of rotatable bonds is 3. The Hall–Kier alpha value is -3.19. The summed E-state index contributed by atoms with van der Waals surface area (Å²) in [5, 5.41) is 5.13. The minimum absolute atomic E-state index is 0.219. The molecule has 0 amide bonds. The molecule has 2 aromatic rings. The summed E-state index contributed by atoms with van der Waals surface area (Å²) in [5.41, 5.74) is 2.39. The van der Waals surface area contributed by atoms with Crippen molar-refractivity contribution in [2.75, 3.05) is 31.1 Å². The van der Waals surface area contributed by atoms with Crippen molar-refractivity contribution in [3.8, 4) is 16.9 Å². The first-order chi connectivity index (χ1) is 14.5. The SMILES string of the molecule is CC(C)N1CCN(c2ccc3c4nn(-c5ccccc5)c(=O)c-4c[nH]c3c2F)CC1. The van der Waals surface area contributed by atoms with Crippen molar-refractivity contribution in [2.24, 2.45) is 0 Å². The second-order valence-corrected chi connectivity index (χ2v) is 8.04. The van der Waals surface area contributed by atoms with Crippen LogP contribution in [0.5, 0.6) is 0 Å². The number of para-hydroxylation sites is 1. The molecule has 6 nitrogen and oxygen atoms in total. The molecule has 0 spiro atoms. The zero-order valence-corrected chi connectivity index (χ0v) is 17.1. The van der Waals surface area contributed by atoms with Crippen LogP contribution in [-0.4, -0.2) is 51.9 Å². The fraction of sp³-hybridized carbons (Fsp3) is 0.304. The highest BCUT2D eigenvalue weighted by Crippen LogP contribution is 2.32. The van der Waals surface area contributed by atoms with E-state index in [2.05, 4.69) is 33.7 Å². The number of hydrogen-bond acceptors (Lipinski definition) is 4. The van der Waals surface area contributed by atoms with Crippen LogP contribution < -0.4 is 10.5 Å². The number of nitrogens with zero attached hydrogens (tertiary/aromatic N) is 4. The van der Waals surface area contributed by atoms with Crippen LogP contribution in [0.1, 0.15) is 13.8 Å². The molecule has 154 valence electrons. The third-order valence-corrected chi connectivity index (χ3v) is 6.00. The van der Waals surface area contributed by atoms with Crippen LogP contribution in [-0.2, 0) is 0 Å². The van der Waals surface area contributed by atoms with Crippen LogP contribution in [0.25, 0.3) is 27.8 Å². The molecule has 30 heavy (non-hydrogen) atoms. The number of fused-ring (bicyclic) bond motifs is 3. The molecule has 3 heterocycles. The average molecular weight is 405 g/mol.